The predicted octanol–water partition coefficient (Wildman–Crippen LogP) is 3.54. The molecule has 0 aromatic heterocycles. The van der Waals surface area contributed by atoms with Gasteiger partial charge < -0.3 is 0 Å². The second kappa shape index (κ2) is 10.0. The molecule has 0 aliphatic carbocycles. The van der Waals surface area contributed by atoms with E-state index in [1.54, 1.807) is 0 Å². The first-order chi connectivity index (χ1) is 7.79. The molecular weight excluding hydrogens is 198 g/mol. The highest BCUT2D eigenvalue weighted by Gasteiger charge is 2.19. The van der Waals surface area contributed by atoms with Gasteiger partial charge in [-0.2, -0.15) is 15.8 Å². The van der Waals surface area contributed by atoms with E-state index in [-0.39, 0.29) is 11.8 Å². The Morgan fingerprint density at radius 1 is 0.875 bits per heavy atom. The highest BCUT2D eigenvalue weighted by atomic mass is 14.3. The minimum atomic E-state index is -0.157. The molecule has 3 nitrogen and oxygen atoms in total. The second-order valence-corrected chi connectivity index (χ2v) is 4.02. The van der Waals surface area contributed by atoms with Crippen molar-refractivity contribution in [2.24, 2.45) is 11.8 Å². The van der Waals surface area contributed by atoms with Gasteiger partial charge >= 0.3 is 0 Å². The van der Waals surface area contributed by atoms with Crippen LogP contribution in [0.3, 0.4) is 0 Å². The largest absolute Gasteiger partial charge is 0.198 e. The molecule has 3 heteroatoms. The lowest BCUT2D eigenvalue weighted by Crippen LogP contribution is -2.11. The van der Waals surface area contributed by atoms with Crippen LogP contribution in [0.2, 0.25) is 0 Å². The zero-order chi connectivity index (χ0) is 12.2. The Morgan fingerprint density at radius 2 is 1.44 bits per heavy atom. The number of hydrogen-bond donors (Lipinski definition) is 0. The molecule has 0 spiro atoms. The number of unbranched alkanes of at least 4 members (excludes halogenated alkanes) is 3. The number of hydrogen-bond acceptors (Lipinski definition) is 3. The molecule has 0 heterocycles. The van der Waals surface area contributed by atoms with Crippen molar-refractivity contribution in [1.82, 2.24) is 0 Å². The molecule has 0 saturated carbocycles. The summed E-state index contributed by atoms with van der Waals surface area (Å²) in [6.45, 7) is 2.09. The van der Waals surface area contributed by atoms with E-state index >= 15 is 0 Å². The molecule has 0 aromatic rings. The lowest BCUT2D eigenvalue weighted by molar-refractivity contribution is 0.412. The Hall–Kier alpha value is -1.53. The van der Waals surface area contributed by atoms with Crippen LogP contribution in [0.25, 0.3) is 0 Å². The zero-order valence-electron chi connectivity index (χ0n) is 9.95. The van der Waals surface area contributed by atoms with Gasteiger partial charge in [0.05, 0.1) is 30.0 Å². The van der Waals surface area contributed by atoms with Crippen LogP contribution in [0.5, 0.6) is 0 Å². The molecule has 0 bridgehead atoms. The van der Waals surface area contributed by atoms with Crippen LogP contribution in [0.1, 0.15) is 51.9 Å². The average molecular weight is 217 g/mol. The van der Waals surface area contributed by atoms with Gasteiger partial charge in [0.15, 0.2) is 0 Å². The van der Waals surface area contributed by atoms with E-state index in [1.165, 1.54) is 0 Å². The second-order valence-electron chi connectivity index (χ2n) is 4.02. The first-order valence-electron chi connectivity index (χ1n) is 5.96. The van der Waals surface area contributed by atoms with Crippen LogP contribution in [-0.4, -0.2) is 0 Å². The van der Waals surface area contributed by atoms with Crippen LogP contribution in [0.4, 0.5) is 0 Å². The van der Waals surface area contributed by atoms with Crippen molar-refractivity contribution in [3.05, 3.63) is 0 Å². The van der Waals surface area contributed by atoms with Gasteiger partial charge in [-0.25, -0.2) is 0 Å². The minimum absolute atomic E-state index is 0.132. The lowest BCUT2D eigenvalue weighted by atomic mass is 9.86. The molecule has 2 atom stereocenters. The maximum atomic E-state index is 9.02. The van der Waals surface area contributed by atoms with E-state index in [0.29, 0.717) is 6.42 Å². The predicted molar refractivity (Wildman–Crippen MR) is 61.8 cm³/mol. The van der Waals surface area contributed by atoms with Gasteiger partial charge in [-0.15, -0.1) is 0 Å². The normalized spacial score (nSPS) is 13.1. The summed E-state index contributed by atoms with van der Waals surface area (Å²) in [4.78, 5) is 0. The Kier molecular flexibility index (Phi) is 9.05. The summed E-state index contributed by atoms with van der Waals surface area (Å²) in [6, 6.07) is 6.56. The Labute approximate surface area is 98.3 Å². The zero-order valence-corrected chi connectivity index (χ0v) is 9.95. The standard InChI is InChI=1S/C13H19N3/c1-2-3-7-12(10-15)13(11-16)8-5-4-6-9-14/h12-13H,2-8H2,1H3. The lowest BCUT2D eigenvalue weighted by Gasteiger charge is -2.14. The van der Waals surface area contributed by atoms with E-state index in [4.69, 9.17) is 15.8 Å². The van der Waals surface area contributed by atoms with Gasteiger partial charge in [0.1, 0.15) is 0 Å². The summed E-state index contributed by atoms with van der Waals surface area (Å²) in [7, 11) is 0. The number of rotatable bonds is 8. The van der Waals surface area contributed by atoms with Crippen LogP contribution in [-0.2, 0) is 0 Å². The number of nitrogens with zero attached hydrogens (tertiary/aromatic N) is 3. The third-order valence-electron chi connectivity index (χ3n) is 2.74. The highest BCUT2D eigenvalue weighted by Crippen LogP contribution is 2.22. The van der Waals surface area contributed by atoms with Crippen LogP contribution in [0, 0.1) is 45.8 Å². The summed E-state index contributed by atoms with van der Waals surface area (Å²) in [5.74, 6) is -0.290. The van der Waals surface area contributed by atoms with Gasteiger partial charge in [0, 0.05) is 6.42 Å². The van der Waals surface area contributed by atoms with E-state index in [0.717, 1.165) is 38.5 Å². The van der Waals surface area contributed by atoms with E-state index in [1.807, 2.05) is 0 Å². The maximum absolute atomic E-state index is 9.02. The molecule has 0 aliphatic heterocycles. The Bertz CT molecular complexity index is 290. The SMILES string of the molecule is CCCCC(C#N)C(C#N)CCCCC#N. The smallest absolute Gasteiger partial charge is 0.0669 e. The highest BCUT2D eigenvalue weighted by molar-refractivity contribution is 4.97. The number of nitriles is 3. The molecule has 16 heavy (non-hydrogen) atoms. The molecule has 0 radical (unpaired) electrons. The summed E-state index contributed by atoms with van der Waals surface area (Å²) in [5, 5.41) is 26.4. The third kappa shape index (κ3) is 6.05. The molecule has 0 rings (SSSR count). The Balaban J connectivity index is 4.00. The molecule has 86 valence electrons. The molecule has 0 saturated heterocycles. The molecule has 2 unspecified atom stereocenters. The van der Waals surface area contributed by atoms with Crippen molar-refractivity contribution in [2.45, 2.75) is 51.9 Å². The minimum Gasteiger partial charge on any atom is -0.198 e. The van der Waals surface area contributed by atoms with Crippen molar-refractivity contribution in [2.75, 3.05) is 0 Å². The average Bonchev–Trinajstić information content (AvgIpc) is 2.32. The van der Waals surface area contributed by atoms with Gasteiger partial charge in [-0.05, 0) is 19.3 Å². The summed E-state index contributed by atoms with van der Waals surface area (Å²) >= 11 is 0. The van der Waals surface area contributed by atoms with Crippen molar-refractivity contribution < 1.29 is 0 Å². The van der Waals surface area contributed by atoms with Crippen molar-refractivity contribution in [3.63, 3.8) is 0 Å². The first kappa shape index (κ1) is 14.5. The quantitative estimate of drug-likeness (QED) is 0.584. The topological polar surface area (TPSA) is 71.4 Å². The molecule has 0 N–H and O–H groups in total. The fourth-order valence-corrected chi connectivity index (χ4v) is 1.70. The van der Waals surface area contributed by atoms with Crippen molar-refractivity contribution in [3.8, 4) is 18.2 Å². The van der Waals surface area contributed by atoms with E-state index < -0.39 is 0 Å². The van der Waals surface area contributed by atoms with Gasteiger partial charge in [-0.1, -0.05) is 26.2 Å². The first-order valence-corrected chi connectivity index (χ1v) is 5.96. The maximum Gasteiger partial charge on any atom is 0.0669 e. The molecule has 0 aliphatic rings. The van der Waals surface area contributed by atoms with Crippen LogP contribution < -0.4 is 0 Å². The van der Waals surface area contributed by atoms with Crippen molar-refractivity contribution in [1.29, 1.82) is 15.8 Å². The van der Waals surface area contributed by atoms with Gasteiger partial charge in [-0.3, -0.25) is 0 Å². The fourth-order valence-electron chi connectivity index (χ4n) is 1.70. The van der Waals surface area contributed by atoms with Crippen LogP contribution in [0.15, 0.2) is 0 Å². The summed E-state index contributed by atoms with van der Waals surface area (Å²) in [6.07, 6.45) is 5.89. The van der Waals surface area contributed by atoms with Gasteiger partial charge in [0.25, 0.3) is 0 Å². The van der Waals surface area contributed by atoms with Crippen molar-refractivity contribution >= 4 is 0 Å². The molecule has 0 fully saturated rings. The molecular formula is C13H19N3. The Morgan fingerprint density at radius 3 is 1.88 bits per heavy atom. The van der Waals surface area contributed by atoms with E-state index in [9.17, 15) is 0 Å². The monoisotopic (exact) mass is 217 g/mol. The molecule has 0 amide bonds. The summed E-state index contributed by atoms with van der Waals surface area (Å²) in [5.41, 5.74) is 0. The van der Waals surface area contributed by atoms with Crippen LogP contribution >= 0.6 is 0 Å². The summed E-state index contributed by atoms with van der Waals surface area (Å²) < 4.78 is 0. The van der Waals surface area contributed by atoms with E-state index in [2.05, 4.69) is 25.1 Å². The molecule has 0 aromatic carbocycles. The van der Waals surface area contributed by atoms with Gasteiger partial charge in [0.2, 0.25) is 0 Å². The fraction of sp³-hybridized carbons (Fsp3) is 0.769. The third-order valence-corrected chi connectivity index (χ3v) is 2.74.